The van der Waals surface area contributed by atoms with Crippen molar-refractivity contribution in [2.45, 2.75) is 13.3 Å². The van der Waals surface area contributed by atoms with Crippen molar-refractivity contribution in [3.05, 3.63) is 95.1 Å². The van der Waals surface area contributed by atoms with Gasteiger partial charge in [-0.15, -0.1) is 0 Å². The third-order valence-electron chi connectivity index (χ3n) is 5.58. The minimum absolute atomic E-state index is 0.318. The topological polar surface area (TPSA) is 64.4 Å². The molecule has 0 unspecified atom stereocenters. The zero-order valence-electron chi connectivity index (χ0n) is 18.1. The largest absolute Gasteiger partial charge is 0.374 e. The lowest BCUT2D eigenvalue weighted by atomic mass is 9.91. The van der Waals surface area contributed by atoms with Crippen LogP contribution in [0.4, 0.5) is 11.4 Å². The Labute approximate surface area is 187 Å². The first kappa shape index (κ1) is 21.1. The van der Waals surface area contributed by atoms with Crippen molar-refractivity contribution in [1.82, 2.24) is 0 Å². The molecule has 1 aliphatic heterocycles. The van der Waals surface area contributed by atoms with E-state index in [-0.39, 0.29) is 11.8 Å². The van der Waals surface area contributed by atoms with E-state index in [0.29, 0.717) is 35.4 Å². The van der Waals surface area contributed by atoms with Crippen molar-refractivity contribution in [2.75, 3.05) is 23.4 Å². The normalized spacial score (nSPS) is 14.3. The number of nitriles is 1. The van der Waals surface area contributed by atoms with Gasteiger partial charge in [0, 0.05) is 30.4 Å². The summed E-state index contributed by atoms with van der Waals surface area (Å²) >= 11 is 0. The van der Waals surface area contributed by atoms with Gasteiger partial charge >= 0.3 is 0 Å². The van der Waals surface area contributed by atoms with Crippen molar-refractivity contribution in [2.24, 2.45) is 0 Å². The highest BCUT2D eigenvalue weighted by molar-refractivity contribution is 6.43. The maximum absolute atomic E-state index is 13.5. The van der Waals surface area contributed by atoms with Gasteiger partial charge in [0.2, 0.25) is 0 Å². The second-order valence-corrected chi connectivity index (χ2v) is 7.81. The lowest BCUT2D eigenvalue weighted by Crippen LogP contribution is -2.41. The Morgan fingerprint density at radius 3 is 2.22 bits per heavy atom. The van der Waals surface area contributed by atoms with E-state index in [1.807, 2.05) is 79.5 Å². The molecule has 0 bridgehead atoms. The fourth-order valence-corrected chi connectivity index (χ4v) is 3.76. The van der Waals surface area contributed by atoms with Gasteiger partial charge in [-0.1, -0.05) is 48.0 Å². The molecule has 5 heteroatoms. The number of amides is 2. The molecule has 0 saturated carbocycles. The Bertz CT molecular complexity index is 1240. The predicted octanol–water partition coefficient (Wildman–Crippen LogP) is 5.07. The number of fused-ring (bicyclic) bond motifs is 1. The number of anilines is 2. The summed E-state index contributed by atoms with van der Waals surface area (Å²) in [5.74, 6) is -0.658. The number of hydrogen-bond acceptors (Lipinski definition) is 4. The summed E-state index contributed by atoms with van der Waals surface area (Å²) in [5.41, 5.74) is 5.09. The minimum atomic E-state index is -0.340. The molecular weight excluding hydrogens is 398 g/mol. The molecule has 0 atom stereocenters. The molecule has 0 aliphatic carbocycles. The lowest BCUT2D eigenvalue weighted by molar-refractivity contribution is -0.112. The Morgan fingerprint density at radius 1 is 0.906 bits per heavy atom. The summed E-state index contributed by atoms with van der Waals surface area (Å²) in [7, 11) is 1.94. The zero-order valence-corrected chi connectivity index (χ0v) is 18.1. The van der Waals surface area contributed by atoms with E-state index in [1.165, 1.54) is 4.90 Å². The van der Waals surface area contributed by atoms with Crippen LogP contribution in [0.5, 0.6) is 0 Å². The van der Waals surface area contributed by atoms with Crippen molar-refractivity contribution < 1.29 is 9.59 Å². The van der Waals surface area contributed by atoms with Crippen LogP contribution in [0.2, 0.25) is 0 Å². The SMILES string of the molecule is Cc1ccc(N2C(=O)C(=Cc3ccc(N(C)CCC#N)cc3)c3ccccc3C2=O)cc1. The third-order valence-corrected chi connectivity index (χ3v) is 5.58. The van der Waals surface area contributed by atoms with Crippen LogP contribution in [0.1, 0.15) is 33.5 Å². The maximum Gasteiger partial charge on any atom is 0.265 e. The molecule has 158 valence electrons. The zero-order chi connectivity index (χ0) is 22.7. The first-order valence-corrected chi connectivity index (χ1v) is 10.4. The smallest absolute Gasteiger partial charge is 0.265 e. The molecule has 0 radical (unpaired) electrons. The highest BCUT2D eigenvalue weighted by atomic mass is 16.2. The van der Waals surface area contributed by atoms with E-state index in [9.17, 15) is 9.59 Å². The van der Waals surface area contributed by atoms with Crippen molar-refractivity contribution in [1.29, 1.82) is 5.26 Å². The first-order chi connectivity index (χ1) is 15.5. The molecule has 3 aromatic rings. The Balaban J connectivity index is 1.74. The van der Waals surface area contributed by atoms with Gasteiger partial charge in [0.15, 0.2) is 0 Å². The van der Waals surface area contributed by atoms with Crippen LogP contribution in [-0.2, 0) is 4.79 Å². The summed E-state index contributed by atoms with van der Waals surface area (Å²) in [5, 5.41) is 8.79. The van der Waals surface area contributed by atoms with Crippen LogP contribution < -0.4 is 9.80 Å². The molecule has 0 N–H and O–H groups in total. The second kappa shape index (κ2) is 8.91. The summed E-state index contributed by atoms with van der Waals surface area (Å²) in [6.07, 6.45) is 2.28. The maximum atomic E-state index is 13.5. The highest BCUT2D eigenvalue weighted by Gasteiger charge is 2.35. The van der Waals surface area contributed by atoms with Crippen LogP contribution in [0.25, 0.3) is 11.6 Å². The molecule has 0 saturated heterocycles. The van der Waals surface area contributed by atoms with Crippen LogP contribution in [-0.4, -0.2) is 25.4 Å². The van der Waals surface area contributed by atoms with E-state index in [1.54, 1.807) is 18.2 Å². The van der Waals surface area contributed by atoms with E-state index in [2.05, 4.69) is 6.07 Å². The van der Waals surface area contributed by atoms with Gasteiger partial charge in [0.25, 0.3) is 11.8 Å². The Kier molecular flexibility index (Phi) is 5.87. The molecule has 0 aromatic heterocycles. The van der Waals surface area contributed by atoms with Gasteiger partial charge in [0.05, 0.1) is 18.2 Å². The van der Waals surface area contributed by atoms with E-state index in [0.717, 1.165) is 16.8 Å². The third kappa shape index (κ3) is 4.03. The fourth-order valence-electron chi connectivity index (χ4n) is 3.76. The fraction of sp³-hybridized carbons (Fsp3) is 0.148. The van der Waals surface area contributed by atoms with Crippen molar-refractivity contribution in [3.8, 4) is 6.07 Å². The summed E-state index contributed by atoms with van der Waals surface area (Å²) in [6, 6.07) is 24.5. The number of nitrogens with zero attached hydrogens (tertiary/aromatic N) is 3. The second-order valence-electron chi connectivity index (χ2n) is 7.81. The van der Waals surface area contributed by atoms with Crippen LogP contribution in [0.3, 0.4) is 0 Å². The number of benzene rings is 3. The van der Waals surface area contributed by atoms with Crippen LogP contribution >= 0.6 is 0 Å². The molecule has 3 aromatic carbocycles. The molecule has 1 heterocycles. The van der Waals surface area contributed by atoms with Gasteiger partial charge in [-0.25, -0.2) is 4.90 Å². The molecule has 1 aliphatic rings. The van der Waals surface area contributed by atoms with Gasteiger partial charge in [-0.3, -0.25) is 9.59 Å². The number of imide groups is 1. The summed E-state index contributed by atoms with van der Waals surface area (Å²) in [4.78, 5) is 29.9. The van der Waals surface area contributed by atoms with Crippen LogP contribution in [0, 0.1) is 18.3 Å². The van der Waals surface area contributed by atoms with Gasteiger partial charge in [-0.05, 0) is 54.5 Å². The highest BCUT2D eigenvalue weighted by Crippen LogP contribution is 2.33. The molecule has 0 fully saturated rings. The van der Waals surface area contributed by atoms with Crippen molar-refractivity contribution >= 4 is 34.8 Å². The Hall–Kier alpha value is -4.17. The van der Waals surface area contributed by atoms with E-state index < -0.39 is 0 Å². The molecule has 2 amide bonds. The van der Waals surface area contributed by atoms with Gasteiger partial charge in [-0.2, -0.15) is 5.26 Å². The minimum Gasteiger partial charge on any atom is -0.374 e. The molecule has 5 nitrogen and oxygen atoms in total. The number of hydrogen-bond donors (Lipinski definition) is 0. The van der Waals surface area contributed by atoms with Gasteiger partial charge < -0.3 is 4.90 Å². The summed E-state index contributed by atoms with van der Waals surface area (Å²) < 4.78 is 0. The monoisotopic (exact) mass is 421 g/mol. The van der Waals surface area contributed by atoms with E-state index >= 15 is 0 Å². The standard InChI is InChI=1S/C27H23N3O2/c1-19-8-12-22(13-9-19)30-26(31)24-7-4-3-6-23(24)25(27(30)32)18-20-10-14-21(15-11-20)29(2)17-5-16-28/h3-4,6-15,18H,5,17H2,1-2H3. The number of carbonyl (C=O) groups excluding carboxylic acids is 2. The Morgan fingerprint density at radius 2 is 1.56 bits per heavy atom. The average Bonchev–Trinajstić information content (AvgIpc) is 2.82. The molecular formula is C27H23N3O2. The predicted molar refractivity (Wildman–Crippen MR) is 127 cm³/mol. The lowest BCUT2D eigenvalue weighted by Gasteiger charge is -2.28. The molecule has 0 spiro atoms. The van der Waals surface area contributed by atoms with Crippen molar-refractivity contribution in [3.63, 3.8) is 0 Å². The number of rotatable bonds is 5. The van der Waals surface area contributed by atoms with E-state index in [4.69, 9.17) is 5.26 Å². The first-order valence-electron chi connectivity index (χ1n) is 10.4. The number of aryl methyl sites for hydroxylation is 1. The summed E-state index contributed by atoms with van der Waals surface area (Å²) in [6.45, 7) is 2.61. The molecule has 4 rings (SSSR count). The van der Waals surface area contributed by atoms with Gasteiger partial charge in [0.1, 0.15) is 0 Å². The molecule has 32 heavy (non-hydrogen) atoms. The quantitative estimate of drug-likeness (QED) is 0.426. The van der Waals surface area contributed by atoms with Crippen LogP contribution in [0.15, 0.2) is 72.8 Å². The average molecular weight is 422 g/mol. The number of carbonyl (C=O) groups is 2.